The molecule has 0 saturated heterocycles. The minimum Gasteiger partial charge on any atom is -0.458 e. The van der Waals surface area contributed by atoms with Gasteiger partial charge in [0.05, 0.1) is 5.56 Å². The van der Waals surface area contributed by atoms with Gasteiger partial charge in [-0.2, -0.15) is 0 Å². The second kappa shape index (κ2) is 5.77. The number of ether oxygens (including phenoxy) is 1. The van der Waals surface area contributed by atoms with E-state index in [1.54, 1.807) is 12.1 Å². The van der Waals surface area contributed by atoms with Crippen LogP contribution in [0.5, 0.6) is 0 Å². The van der Waals surface area contributed by atoms with Crippen molar-refractivity contribution in [3.63, 3.8) is 0 Å². The Morgan fingerprint density at radius 3 is 2.52 bits per heavy atom. The molecular weight excluding hydrogens is 288 g/mol. The van der Waals surface area contributed by atoms with Gasteiger partial charge in [-0.15, -0.1) is 0 Å². The predicted molar refractivity (Wildman–Crippen MR) is 89.1 cm³/mol. The molecule has 23 heavy (non-hydrogen) atoms. The van der Waals surface area contributed by atoms with Crippen LogP contribution in [0.1, 0.15) is 63.2 Å². The summed E-state index contributed by atoms with van der Waals surface area (Å²) < 4.78 is 5.87. The zero-order valence-corrected chi connectivity index (χ0v) is 14.3. The largest absolute Gasteiger partial charge is 0.458 e. The zero-order valence-electron chi connectivity index (χ0n) is 14.3. The Balaban J connectivity index is 1.80. The molecule has 3 heteroatoms. The van der Waals surface area contributed by atoms with Gasteiger partial charge in [0.1, 0.15) is 11.9 Å². The first kappa shape index (κ1) is 16.2. The van der Waals surface area contributed by atoms with Crippen LogP contribution in [0.2, 0.25) is 0 Å². The predicted octanol–water partition coefficient (Wildman–Crippen LogP) is 4.41. The highest BCUT2D eigenvalue weighted by atomic mass is 16.5. The SMILES string of the molecule is CC1(C)[C@H]2CCCC(=O)[C@]2(C)CC[C@H]1OC(=O)c1ccccc1. The van der Waals surface area contributed by atoms with Gasteiger partial charge in [0.25, 0.3) is 0 Å². The number of rotatable bonds is 2. The van der Waals surface area contributed by atoms with Gasteiger partial charge in [0.15, 0.2) is 0 Å². The normalized spacial score (nSPS) is 32.9. The molecule has 0 spiro atoms. The number of carbonyl (C=O) groups is 2. The number of carbonyl (C=O) groups excluding carboxylic acids is 2. The Bertz CT molecular complexity index is 605. The third-order valence-corrected chi connectivity index (χ3v) is 6.22. The zero-order chi connectivity index (χ0) is 16.7. The van der Waals surface area contributed by atoms with E-state index in [9.17, 15) is 9.59 Å². The summed E-state index contributed by atoms with van der Waals surface area (Å²) in [6.07, 6.45) is 4.18. The molecule has 2 fully saturated rings. The quantitative estimate of drug-likeness (QED) is 0.760. The molecule has 3 rings (SSSR count). The molecule has 1 aromatic carbocycles. The van der Waals surface area contributed by atoms with Gasteiger partial charge >= 0.3 is 5.97 Å². The maximum absolute atomic E-state index is 12.5. The van der Waals surface area contributed by atoms with E-state index in [1.807, 2.05) is 18.2 Å². The number of hydrogen-bond acceptors (Lipinski definition) is 3. The van der Waals surface area contributed by atoms with Crippen molar-refractivity contribution in [2.75, 3.05) is 0 Å². The summed E-state index contributed by atoms with van der Waals surface area (Å²) in [5.74, 6) is 0.433. The van der Waals surface area contributed by atoms with Gasteiger partial charge < -0.3 is 4.74 Å². The minimum absolute atomic E-state index is 0.126. The second-order valence-electron chi connectivity index (χ2n) is 7.91. The van der Waals surface area contributed by atoms with Gasteiger partial charge in [-0.1, -0.05) is 39.0 Å². The standard InChI is InChI=1S/C20H26O3/c1-19(2)15-10-7-11-16(21)20(15,3)13-12-17(19)23-18(22)14-8-5-4-6-9-14/h4-6,8-9,15,17H,7,10-13H2,1-3H3/t15-,17-,20-/m1/s1. The van der Waals surface area contributed by atoms with E-state index in [-0.39, 0.29) is 22.9 Å². The van der Waals surface area contributed by atoms with Crippen LogP contribution in [0.15, 0.2) is 30.3 Å². The average molecular weight is 314 g/mol. The summed E-state index contributed by atoms with van der Waals surface area (Å²) in [4.78, 5) is 24.9. The van der Waals surface area contributed by atoms with Crippen molar-refractivity contribution in [1.29, 1.82) is 0 Å². The second-order valence-corrected chi connectivity index (χ2v) is 7.91. The van der Waals surface area contributed by atoms with Gasteiger partial charge in [-0.3, -0.25) is 4.79 Å². The monoisotopic (exact) mass is 314 g/mol. The van der Waals surface area contributed by atoms with Crippen LogP contribution in [0.4, 0.5) is 0 Å². The Labute approximate surface area is 138 Å². The molecule has 0 amide bonds. The van der Waals surface area contributed by atoms with Crippen molar-refractivity contribution in [1.82, 2.24) is 0 Å². The van der Waals surface area contributed by atoms with E-state index < -0.39 is 0 Å². The highest BCUT2D eigenvalue weighted by molar-refractivity contribution is 5.89. The van der Waals surface area contributed by atoms with Crippen LogP contribution in [0.25, 0.3) is 0 Å². The lowest BCUT2D eigenvalue weighted by molar-refractivity contribution is -0.154. The maximum Gasteiger partial charge on any atom is 0.338 e. The molecule has 3 nitrogen and oxygen atoms in total. The summed E-state index contributed by atoms with van der Waals surface area (Å²) >= 11 is 0. The molecule has 0 bridgehead atoms. The number of esters is 1. The molecule has 1 aromatic rings. The summed E-state index contributed by atoms with van der Waals surface area (Å²) in [5.41, 5.74) is 0.182. The molecule has 0 heterocycles. The van der Waals surface area contributed by atoms with Crippen molar-refractivity contribution in [2.24, 2.45) is 16.7 Å². The van der Waals surface area contributed by atoms with E-state index in [0.29, 0.717) is 23.7 Å². The van der Waals surface area contributed by atoms with Crippen LogP contribution in [-0.4, -0.2) is 17.9 Å². The van der Waals surface area contributed by atoms with Crippen molar-refractivity contribution < 1.29 is 14.3 Å². The molecule has 0 N–H and O–H groups in total. The Morgan fingerprint density at radius 2 is 1.83 bits per heavy atom. The highest BCUT2D eigenvalue weighted by Gasteiger charge is 2.56. The highest BCUT2D eigenvalue weighted by Crippen LogP contribution is 2.57. The molecule has 2 saturated carbocycles. The van der Waals surface area contributed by atoms with Crippen molar-refractivity contribution >= 4 is 11.8 Å². The fraction of sp³-hybridized carbons (Fsp3) is 0.600. The van der Waals surface area contributed by atoms with E-state index in [1.165, 1.54) is 0 Å². The number of ketones is 1. The van der Waals surface area contributed by atoms with Gasteiger partial charge in [-0.05, 0) is 43.7 Å². The smallest absolute Gasteiger partial charge is 0.338 e. The molecule has 3 atom stereocenters. The fourth-order valence-electron chi connectivity index (χ4n) is 4.78. The number of Topliss-reactive ketones (excluding diaryl/α,β-unsaturated/α-hetero) is 1. The number of hydrogen-bond donors (Lipinski definition) is 0. The summed E-state index contributed by atoms with van der Waals surface area (Å²) in [6, 6.07) is 9.15. The van der Waals surface area contributed by atoms with Gasteiger partial charge in [0, 0.05) is 17.3 Å². The summed E-state index contributed by atoms with van der Waals surface area (Å²) in [5, 5.41) is 0. The number of fused-ring (bicyclic) bond motifs is 1. The first-order valence-corrected chi connectivity index (χ1v) is 8.65. The molecular formula is C20H26O3. The van der Waals surface area contributed by atoms with Crippen molar-refractivity contribution in [2.45, 2.75) is 59.0 Å². The Morgan fingerprint density at radius 1 is 1.13 bits per heavy atom. The Kier molecular flexibility index (Phi) is 4.07. The van der Waals surface area contributed by atoms with E-state index in [2.05, 4.69) is 20.8 Å². The third kappa shape index (κ3) is 2.71. The molecule has 2 aliphatic rings. The van der Waals surface area contributed by atoms with E-state index in [0.717, 1.165) is 25.7 Å². The van der Waals surface area contributed by atoms with E-state index >= 15 is 0 Å². The lowest BCUT2D eigenvalue weighted by Gasteiger charge is -2.55. The molecule has 124 valence electrons. The first-order valence-electron chi connectivity index (χ1n) is 8.65. The number of benzene rings is 1. The molecule has 0 unspecified atom stereocenters. The fourth-order valence-corrected chi connectivity index (χ4v) is 4.78. The van der Waals surface area contributed by atoms with Crippen LogP contribution >= 0.6 is 0 Å². The minimum atomic E-state index is -0.255. The van der Waals surface area contributed by atoms with Crippen LogP contribution in [0.3, 0.4) is 0 Å². The van der Waals surface area contributed by atoms with Crippen LogP contribution in [-0.2, 0) is 9.53 Å². The third-order valence-electron chi connectivity index (χ3n) is 6.22. The van der Waals surface area contributed by atoms with Crippen molar-refractivity contribution in [3.05, 3.63) is 35.9 Å². The lowest BCUT2D eigenvalue weighted by atomic mass is 9.50. The van der Waals surface area contributed by atoms with Crippen LogP contribution in [0, 0.1) is 16.7 Å². The summed E-state index contributed by atoms with van der Waals surface area (Å²) in [6.45, 7) is 6.45. The van der Waals surface area contributed by atoms with Crippen LogP contribution < -0.4 is 0 Å². The molecule has 0 aliphatic heterocycles. The molecule has 0 aromatic heterocycles. The average Bonchev–Trinajstić information content (AvgIpc) is 2.53. The van der Waals surface area contributed by atoms with Gasteiger partial charge in [-0.25, -0.2) is 4.79 Å². The lowest BCUT2D eigenvalue weighted by Crippen LogP contribution is -2.55. The van der Waals surface area contributed by atoms with Gasteiger partial charge in [0.2, 0.25) is 0 Å². The van der Waals surface area contributed by atoms with Crippen molar-refractivity contribution in [3.8, 4) is 0 Å². The molecule has 0 radical (unpaired) electrons. The van der Waals surface area contributed by atoms with E-state index in [4.69, 9.17) is 4.74 Å². The summed E-state index contributed by atoms with van der Waals surface area (Å²) in [7, 11) is 0. The maximum atomic E-state index is 12.5. The Hall–Kier alpha value is -1.64. The molecule has 2 aliphatic carbocycles. The topological polar surface area (TPSA) is 43.4 Å². The first-order chi connectivity index (χ1) is 10.9.